The van der Waals surface area contributed by atoms with Gasteiger partial charge in [0, 0.05) is 11.8 Å². The van der Waals surface area contributed by atoms with Crippen molar-refractivity contribution in [3.05, 3.63) is 60.0 Å². The maximum Gasteiger partial charge on any atom is 0.229 e. The van der Waals surface area contributed by atoms with Gasteiger partial charge >= 0.3 is 0 Å². The molecule has 0 aliphatic heterocycles. The largest absolute Gasteiger partial charge is 0.494 e. The van der Waals surface area contributed by atoms with Crippen LogP contribution in [0.3, 0.4) is 0 Å². The molecule has 0 saturated heterocycles. The van der Waals surface area contributed by atoms with Gasteiger partial charge in [-0.2, -0.15) is 4.98 Å². The summed E-state index contributed by atoms with van der Waals surface area (Å²) >= 11 is 0. The molecule has 3 aromatic rings. The van der Waals surface area contributed by atoms with E-state index in [1.165, 1.54) is 0 Å². The third kappa shape index (κ3) is 6.29. The van der Waals surface area contributed by atoms with Gasteiger partial charge in [-0.1, -0.05) is 25.1 Å². The number of nitrogens with one attached hydrogen (secondary N) is 3. The number of ether oxygens (including phenoxy) is 1. The molecule has 0 unspecified atom stereocenters. The number of hydrogen-bond donors (Lipinski definition) is 3. The Bertz CT molecular complexity index is 1170. The van der Waals surface area contributed by atoms with Crippen molar-refractivity contribution in [2.75, 3.05) is 28.2 Å². The maximum atomic E-state index is 14.4. The van der Waals surface area contributed by atoms with Crippen molar-refractivity contribution in [2.24, 2.45) is 0 Å². The second kappa shape index (κ2) is 9.61. The van der Waals surface area contributed by atoms with Crippen LogP contribution in [0.15, 0.2) is 48.7 Å². The van der Waals surface area contributed by atoms with Crippen LogP contribution in [-0.2, 0) is 10.0 Å². The number of anilines is 5. The summed E-state index contributed by atoms with van der Waals surface area (Å²) in [6, 6.07) is 12.4. The highest BCUT2D eigenvalue weighted by atomic mass is 32.2. The number of benzene rings is 2. The van der Waals surface area contributed by atoms with Gasteiger partial charge in [0.1, 0.15) is 5.75 Å². The van der Waals surface area contributed by atoms with E-state index >= 15 is 0 Å². The lowest BCUT2D eigenvalue weighted by molar-refractivity contribution is 0.317. The van der Waals surface area contributed by atoms with Gasteiger partial charge in [-0.05, 0) is 37.1 Å². The molecule has 0 fully saturated rings. The van der Waals surface area contributed by atoms with E-state index in [0.717, 1.165) is 18.9 Å². The molecule has 8 nitrogen and oxygen atoms in total. The molecule has 31 heavy (non-hydrogen) atoms. The van der Waals surface area contributed by atoms with Gasteiger partial charge < -0.3 is 15.4 Å². The van der Waals surface area contributed by atoms with Crippen LogP contribution in [0.2, 0.25) is 0 Å². The van der Waals surface area contributed by atoms with Crippen LogP contribution in [0.25, 0.3) is 0 Å². The highest BCUT2D eigenvalue weighted by molar-refractivity contribution is 7.92. The van der Waals surface area contributed by atoms with Gasteiger partial charge in [-0.3, -0.25) is 4.72 Å². The number of rotatable bonds is 9. The molecule has 10 heteroatoms. The Kier molecular flexibility index (Phi) is 6.91. The third-order valence-electron chi connectivity index (χ3n) is 4.12. The minimum atomic E-state index is -3.53. The van der Waals surface area contributed by atoms with Crippen molar-refractivity contribution in [3.8, 4) is 5.75 Å². The Labute approximate surface area is 180 Å². The van der Waals surface area contributed by atoms with Crippen molar-refractivity contribution in [1.82, 2.24) is 9.97 Å². The lowest BCUT2D eigenvalue weighted by atomic mass is 10.2. The highest BCUT2D eigenvalue weighted by Crippen LogP contribution is 2.30. The topological polar surface area (TPSA) is 105 Å². The standard InChI is InChI=1S/C21H24FN5O3S/c1-4-11-30-16-9-6-8-15(12-16)24-21-23-13-17(22)20(26-21)25-18-10-5-7-14(2)19(18)27-31(3,28)29/h5-10,12-13,27H,4,11H2,1-3H3,(H2,23,24,25,26). The fourth-order valence-electron chi connectivity index (χ4n) is 2.75. The number of para-hydroxylation sites is 1. The van der Waals surface area contributed by atoms with Crippen LogP contribution in [-0.4, -0.2) is 31.2 Å². The second-order valence-electron chi connectivity index (χ2n) is 6.89. The van der Waals surface area contributed by atoms with Gasteiger partial charge in [-0.25, -0.2) is 17.8 Å². The number of halogens is 1. The predicted molar refractivity (Wildman–Crippen MR) is 120 cm³/mol. The van der Waals surface area contributed by atoms with Gasteiger partial charge in [0.15, 0.2) is 11.6 Å². The van der Waals surface area contributed by atoms with Crippen molar-refractivity contribution in [3.63, 3.8) is 0 Å². The summed E-state index contributed by atoms with van der Waals surface area (Å²) in [5, 5.41) is 5.87. The van der Waals surface area contributed by atoms with Crippen LogP contribution >= 0.6 is 0 Å². The molecule has 2 aromatic carbocycles. The zero-order valence-electron chi connectivity index (χ0n) is 17.4. The summed E-state index contributed by atoms with van der Waals surface area (Å²) in [6.45, 7) is 4.37. The summed E-state index contributed by atoms with van der Waals surface area (Å²) in [5.41, 5.74) is 2.04. The Morgan fingerprint density at radius 3 is 2.65 bits per heavy atom. The summed E-state index contributed by atoms with van der Waals surface area (Å²) in [5.74, 6) is 0.0841. The van der Waals surface area contributed by atoms with Crippen LogP contribution in [0.4, 0.5) is 33.2 Å². The van der Waals surface area contributed by atoms with Crippen LogP contribution in [0.5, 0.6) is 5.75 Å². The van der Waals surface area contributed by atoms with Crippen LogP contribution in [0, 0.1) is 12.7 Å². The molecule has 164 valence electrons. The number of nitrogens with zero attached hydrogens (tertiary/aromatic N) is 2. The molecule has 3 rings (SSSR count). The first-order valence-electron chi connectivity index (χ1n) is 9.62. The molecule has 3 N–H and O–H groups in total. The van der Waals surface area contributed by atoms with E-state index in [2.05, 4.69) is 25.3 Å². The highest BCUT2D eigenvalue weighted by Gasteiger charge is 2.14. The lowest BCUT2D eigenvalue weighted by Crippen LogP contribution is -2.13. The Hall–Kier alpha value is -3.40. The molecule has 0 radical (unpaired) electrons. The van der Waals surface area contributed by atoms with E-state index in [-0.39, 0.29) is 11.8 Å². The quantitative estimate of drug-likeness (QED) is 0.443. The zero-order valence-corrected chi connectivity index (χ0v) is 18.3. The molecule has 0 bridgehead atoms. The molecule has 1 aromatic heterocycles. The van der Waals surface area contributed by atoms with Crippen molar-refractivity contribution in [2.45, 2.75) is 20.3 Å². The van der Waals surface area contributed by atoms with Crippen molar-refractivity contribution in [1.29, 1.82) is 0 Å². The fraction of sp³-hybridized carbons (Fsp3) is 0.238. The molecule has 0 aliphatic carbocycles. The van der Waals surface area contributed by atoms with E-state index in [1.54, 1.807) is 31.2 Å². The Morgan fingerprint density at radius 2 is 1.90 bits per heavy atom. The first kappa shape index (κ1) is 22.3. The fourth-order valence-corrected chi connectivity index (χ4v) is 3.39. The van der Waals surface area contributed by atoms with E-state index in [4.69, 9.17) is 4.74 Å². The van der Waals surface area contributed by atoms with Gasteiger partial charge in [0.05, 0.1) is 30.4 Å². The molecule has 0 atom stereocenters. The first-order valence-corrected chi connectivity index (χ1v) is 11.5. The average molecular weight is 446 g/mol. The molecule has 1 heterocycles. The normalized spacial score (nSPS) is 11.1. The number of aromatic nitrogens is 2. The van der Waals surface area contributed by atoms with E-state index < -0.39 is 15.8 Å². The third-order valence-corrected chi connectivity index (χ3v) is 4.70. The van der Waals surface area contributed by atoms with E-state index in [1.807, 2.05) is 25.1 Å². The van der Waals surface area contributed by atoms with Gasteiger partial charge in [-0.15, -0.1) is 0 Å². The molecule has 0 amide bonds. The minimum Gasteiger partial charge on any atom is -0.494 e. The van der Waals surface area contributed by atoms with E-state index in [9.17, 15) is 12.8 Å². The van der Waals surface area contributed by atoms with E-state index in [0.29, 0.717) is 35.0 Å². The predicted octanol–water partition coefficient (Wildman–Crippen LogP) is 4.57. The molecule has 0 saturated carbocycles. The summed E-state index contributed by atoms with van der Waals surface area (Å²) in [7, 11) is -3.53. The summed E-state index contributed by atoms with van der Waals surface area (Å²) in [4.78, 5) is 8.17. The minimum absolute atomic E-state index is 0.0990. The number of sulfonamides is 1. The summed E-state index contributed by atoms with van der Waals surface area (Å²) in [6.07, 6.45) is 2.98. The number of hydrogen-bond acceptors (Lipinski definition) is 7. The van der Waals surface area contributed by atoms with Crippen molar-refractivity contribution < 1.29 is 17.5 Å². The Morgan fingerprint density at radius 1 is 1.13 bits per heavy atom. The van der Waals surface area contributed by atoms with Gasteiger partial charge in [0.2, 0.25) is 16.0 Å². The monoisotopic (exact) mass is 445 g/mol. The van der Waals surface area contributed by atoms with Crippen LogP contribution in [0.1, 0.15) is 18.9 Å². The molecular weight excluding hydrogens is 421 g/mol. The van der Waals surface area contributed by atoms with Gasteiger partial charge in [0.25, 0.3) is 0 Å². The lowest BCUT2D eigenvalue weighted by Gasteiger charge is -2.15. The van der Waals surface area contributed by atoms with Crippen LogP contribution < -0.4 is 20.1 Å². The average Bonchev–Trinajstić information content (AvgIpc) is 2.71. The summed E-state index contributed by atoms with van der Waals surface area (Å²) < 4.78 is 45.9. The molecule has 0 aliphatic rings. The molecule has 0 spiro atoms. The smallest absolute Gasteiger partial charge is 0.229 e. The zero-order chi connectivity index (χ0) is 22.4. The Balaban J connectivity index is 1.85. The van der Waals surface area contributed by atoms with Crippen molar-refractivity contribution >= 4 is 38.9 Å². The first-order chi connectivity index (χ1) is 14.7. The number of aryl methyl sites for hydroxylation is 1. The molecular formula is C21H24FN5O3S. The second-order valence-corrected chi connectivity index (χ2v) is 8.64. The maximum absolute atomic E-state index is 14.4. The SMILES string of the molecule is CCCOc1cccc(Nc2ncc(F)c(Nc3cccc(C)c3NS(C)(=O)=O)n2)c1.